The molecule has 3 fully saturated rings. The van der Waals surface area contributed by atoms with Crippen LogP contribution in [0.3, 0.4) is 0 Å². The zero-order chi connectivity index (χ0) is 30.0. The number of halogens is 1. The molecule has 0 radical (unpaired) electrons. The Morgan fingerprint density at radius 3 is 2.63 bits per heavy atom. The fraction of sp³-hybridized carbons (Fsp3) is 0.500. The van der Waals surface area contributed by atoms with Gasteiger partial charge in [-0.15, -0.1) is 0 Å². The molecule has 1 amide bonds. The Morgan fingerprint density at radius 1 is 1.05 bits per heavy atom. The van der Waals surface area contributed by atoms with Crippen LogP contribution < -0.4 is 15.4 Å². The van der Waals surface area contributed by atoms with Crippen molar-refractivity contribution < 1.29 is 18.7 Å². The van der Waals surface area contributed by atoms with Gasteiger partial charge in [0.05, 0.1) is 6.20 Å². The van der Waals surface area contributed by atoms with Crippen molar-refractivity contribution in [3.8, 4) is 22.6 Å². The largest absolute Gasteiger partial charge is 0.451 e. The van der Waals surface area contributed by atoms with Gasteiger partial charge in [0, 0.05) is 37.2 Å². The molecule has 6 rings (SSSR count). The summed E-state index contributed by atoms with van der Waals surface area (Å²) in [5.74, 6) is 2.56. The Kier molecular flexibility index (Phi) is 8.52. The lowest BCUT2D eigenvalue weighted by molar-refractivity contribution is 0.0649. The molecule has 2 saturated heterocycles. The van der Waals surface area contributed by atoms with Gasteiger partial charge in [-0.25, -0.2) is 19.2 Å². The maximum atomic E-state index is 14.5. The first-order chi connectivity index (χ1) is 20.8. The van der Waals surface area contributed by atoms with E-state index in [0.717, 1.165) is 87.3 Å². The van der Waals surface area contributed by atoms with Crippen LogP contribution in [0.15, 0.2) is 55.0 Å². The van der Waals surface area contributed by atoms with Crippen LogP contribution in [0.4, 0.5) is 15.0 Å². The van der Waals surface area contributed by atoms with Gasteiger partial charge in [-0.2, -0.15) is 0 Å². The molecule has 3 aliphatic rings. The van der Waals surface area contributed by atoms with Gasteiger partial charge in [0.25, 0.3) is 0 Å². The van der Waals surface area contributed by atoms with Crippen LogP contribution in [0.2, 0.25) is 0 Å². The van der Waals surface area contributed by atoms with Crippen LogP contribution >= 0.6 is 0 Å². The number of amides is 1. The highest BCUT2D eigenvalue weighted by Crippen LogP contribution is 2.45. The number of anilines is 1. The lowest BCUT2D eigenvalue weighted by Crippen LogP contribution is -2.35. The van der Waals surface area contributed by atoms with Crippen LogP contribution in [-0.2, 0) is 4.74 Å². The second-order valence-electron chi connectivity index (χ2n) is 12.9. The van der Waals surface area contributed by atoms with Gasteiger partial charge >= 0.3 is 6.09 Å². The molecular weight excluding hydrogens is 545 g/mol. The van der Waals surface area contributed by atoms with Crippen molar-refractivity contribution in [2.24, 2.45) is 17.1 Å². The zero-order valence-corrected chi connectivity index (χ0v) is 25.2. The number of ether oxygens (including phenoxy) is 2. The highest BCUT2D eigenvalue weighted by Gasteiger charge is 2.44. The third-order valence-electron chi connectivity index (χ3n) is 9.54. The number of likely N-dealkylation sites (tertiary alicyclic amines) is 1. The quantitative estimate of drug-likeness (QED) is 0.311. The number of nitrogens with zero attached hydrogens (tertiary/aromatic N) is 4. The molecule has 9 heteroatoms. The molecule has 2 aliphatic heterocycles. The van der Waals surface area contributed by atoms with E-state index < -0.39 is 6.09 Å². The summed E-state index contributed by atoms with van der Waals surface area (Å²) in [5.41, 5.74) is 8.26. The maximum Gasteiger partial charge on any atom is 0.404 e. The lowest BCUT2D eigenvalue weighted by atomic mass is 9.86. The first-order valence-corrected chi connectivity index (χ1v) is 15.6. The van der Waals surface area contributed by atoms with Gasteiger partial charge in [-0.3, -0.25) is 0 Å². The van der Waals surface area contributed by atoms with E-state index in [-0.39, 0.29) is 23.3 Å². The van der Waals surface area contributed by atoms with E-state index in [9.17, 15) is 9.18 Å². The zero-order valence-electron chi connectivity index (χ0n) is 25.2. The number of hydrogen-bond acceptors (Lipinski definition) is 7. The average Bonchev–Trinajstić information content (AvgIpc) is 3.60. The first-order valence-electron chi connectivity index (χ1n) is 15.6. The van der Waals surface area contributed by atoms with E-state index in [1.165, 1.54) is 12.5 Å². The van der Waals surface area contributed by atoms with Gasteiger partial charge in [-0.05, 0) is 86.2 Å². The minimum Gasteiger partial charge on any atom is -0.451 e. The number of hydrogen-bond donors (Lipinski definition) is 1. The number of carbonyl (C=O) groups is 1. The molecule has 1 aromatic heterocycles. The summed E-state index contributed by atoms with van der Waals surface area (Å²) in [5, 5.41) is 0. The molecule has 228 valence electrons. The maximum absolute atomic E-state index is 14.5. The second-order valence-corrected chi connectivity index (χ2v) is 12.9. The van der Waals surface area contributed by atoms with Crippen molar-refractivity contribution >= 4 is 11.9 Å². The summed E-state index contributed by atoms with van der Waals surface area (Å²) in [6.45, 7) is 9.38. The van der Waals surface area contributed by atoms with E-state index in [1.54, 1.807) is 24.7 Å². The van der Waals surface area contributed by atoms with Crippen molar-refractivity contribution in [3.63, 3.8) is 0 Å². The van der Waals surface area contributed by atoms with Gasteiger partial charge in [0.2, 0.25) is 0 Å². The molecule has 3 aromatic rings. The van der Waals surface area contributed by atoms with Crippen molar-refractivity contribution in [2.45, 2.75) is 64.4 Å². The second kappa shape index (κ2) is 12.5. The highest BCUT2D eigenvalue weighted by molar-refractivity contribution is 5.75. The molecule has 2 aromatic carbocycles. The third kappa shape index (κ3) is 6.61. The predicted octanol–water partition coefficient (Wildman–Crippen LogP) is 6.75. The Labute approximate surface area is 253 Å². The fourth-order valence-electron chi connectivity index (χ4n) is 7.38. The highest BCUT2D eigenvalue weighted by atomic mass is 19.1. The van der Waals surface area contributed by atoms with Crippen molar-refractivity contribution in [2.75, 3.05) is 37.6 Å². The Balaban J connectivity index is 1.14. The minimum absolute atomic E-state index is 0.0257. The van der Waals surface area contributed by atoms with Gasteiger partial charge in [-0.1, -0.05) is 38.1 Å². The minimum atomic E-state index is -0.664. The summed E-state index contributed by atoms with van der Waals surface area (Å²) in [4.78, 5) is 25.0. The SMILES string of the molecule is CC(C)c1ccccc1-c1cc(F)ccc1Oc1cncnc1N1CCC2(CCN(C[C@H]3CC[C@H](OC(N)=O)CC3)C2)C1. The van der Waals surface area contributed by atoms with Crippen LogP contribution in [-0.4, -0.2) is 59.8 Å². The smallest absolute Gasteiger partial charge is 0.404 e. The predicted molar refractivity (Wildman–Crippen MR) is 165 cm³/mol. The summed E-state index contributed by atoms with van der Waals surface area (Å²) in [6.07, 6.45) is 8.81. The molecule has 8 nitrogen and oxygen atoms in total. The normalized spacial score (nSPS) is 24.1. The number of primary amides is 1. The molecule has 1 atom stereocenters. The van der Waals surface area contributed by atoms with Crippen LogP contribution in [0.5, 0.6) is 11.5 Å². The van der Waals surface area contributed by atoms with E-state index in [4.69, 9.17) is 15.2 Å². The lowest BCUT2D eigenvalue weighted by Gasteiger charge is -2.31. The summed E-state index contributed by atoms with van der Waals surface area (Å²) in [6, 6.07) is 12.8. The van der Waals surface area contributed by atoms with E-state index in [2.05, 4.69) is 39.7 Å². The Bertz CT molecular complexity index is 1440. The van der Waals surface area contributed by atoms with Crippen molar-refractivity contribution in [1.29, 1.82) is 0 Å². The van der Waals surface area contributed by atoms with E-state index in [1.807, 2.05) is 18.2 Å². The number of carbonyl (C=O) groups excluding carboxylic acids is 1. The molecule has 0 bridgehead atoms. The topological polar surface area (TPSA) is 93.8 Å². The van der Waals surface area contributed by atoms with E-state index >= 15 is 0 Å². The first kappa shape index (κ1) is 29.4. The molecule has 1 aliphatic carbocycles. The molecule has 1 unspecified atom stereocenters. The van der Waals surface area contributed by atoms with Crippen molar-refractivity contribution in [1.82, 2.24) is 14.9 Å². The number of nitrogens with two attached hydrogens (primary N) is 1. The molecular formula is C34H42FN5O3. The third-order valence-corrected chi connectivity index (χ3v) is 9.54. The molecule has 1 spiro atoms. The van der Waals surface area contributed by atoms with Crippen LogP contribution in [0.1, 0.15) is 63.9 Å². The molecule has 1 saturated carbocycles. The molecule has 2 N–H and O–H groups in total. The fourth-order valence-corrected chi connectivity index (χ4v) is 7.38. The molecule has 3 heterocycles. The monoisotopic (exact) mass is 587 g/mol. The van der Waals surface area contributed by atoms with E-state index in [0.29, 0.717) is 17.4 Å². The number of benzene rings is 2. The van der Waals surface area contributed by atoms with Gasteiger partial charge in [0.15, 0.2) is 11.6 Å². The number of aromatic nitrogens is 2. The van der Waals surface area contributed by atoms with Gasteiger partial charge < -0.3 is 25.0 Å². The summed E-state index contributed by atoms with van der Waals surface area (Å²) < 4.78 is 26.3. The Hall–Kier alpha value is -3.72. The average molecular weight is 588 g/mol. The number of rotatable bonds is 8. The van der Waals surface area contributed by atoms with Crippen LogP contribution in [0.25, 0.3) is 11.1 Å². The van der Waals surface area contributed by atoms with Crippen molar-refractivity contribution in [3.05, 3.63) is 66.4 Å². The Morgan fingerprint density at radius 2 is 1.84 bits per heavy atom. The summed E-state index contributed by atoms with van der Waals surface area (Å²) >= 11 is 0. The molecule has 43 heavy (non-hydrogen) atoms. The van der Waals surface area contributed by atoms with Gasteiger partial charge in [0.1, 0.15) is 24.0 Å². The van der Waals surface area contributed by atoms with Crippen LogP contribution in [0, 0.1) is 17.2 Å². The summed E-state index contributed by atoms with van der Waals surface area (Å²) in [7, 11) is 0. The standard InChI is InChI=1S/C34H42FN5O3/c1-23(2)27-5-3-4-6-28(27)29-17-25(35)9-12-30(29)43-31-18-37-22-38-32(31)40-16-14-34(21-40)13-15-39(20-34)19-24-7-10-26(11-8-24)42-33(36)41/h3-6,9,12,17-18,22-24,26H,7-8,10-11,13-16,19-21H2,1-2H3,(H2,36,41)/t24-,26-,34?.